The summed E-state index contributed by atoms with van der Waals surface area (Å²) in [5.74, 6) is -1.37. The molecule has 1 aliphatic heterocycles. The van der Waals surface area contributed by atoms with Crippen LogP contribution in [0.4, 0.5) is 18.9 Å². The van der Waals surface area contributed by atoms with Crippen LogP contribution < -0.4 is 10.9 Å². The van der Waals surface area contributed by atoms with E-state index in [9.17, 15) is 27.6 Å². The van der Waals surface area contributed by atoms with E-state index in [2.05, 4.69) is 5.32 Å². The fourth-order valence-electron chi connectivity index (χ4n) is 3.14. The molecule has 28 heavy (non-hydrogen) atoms. The van der Waals surface area contributed by atoms with Gasteiger partial charge in [0.05, 0.1) is 16.7 Å². The van der Waals surface area contributed by atoms with E-state index < -0.39 is 28.8 Å². The van der Waals surface area contributed by atoms with Gasteiger partial charge < -0.3 is 14.8 Å². The monoisotopic (exact) mass is 393 g/mol. The number of carbonyl (C=O) groups is 2. The van der Waals surface area contributed by atoms with Crippen molar-refractivity contribution in [1.29, 1.82) is 0 Å². The van der Waals surface area contributed by atoms with Gasteiger partial charge in [0.15, 0.2) is 0 Å². The van der Waals surface area contributed by atoms with Crippen molar-refractivity contribution in [2.75, 3.05) is 18.4 Å². The van der Waals surface area contributed by atoms with E-state index in [0.717, 1.165) is 29.5 Å². The summed E-state index contributed by atoms with van der Waals surface area (Å²) in [6, 6.07) is 5.50. The van der Waals surface area contributed by atoms with E-state index >= 15 is 0 Å². The molecule has 0 spiro atoms. The topological polar surface area (TPSA) is 71.4 Å². The highest BCUT2D eigenvalue weighted by Crippen LogP contribution is 2.32. The highest BCUT2D eigenvalue weighted by molar-refractivity contribution is 6.06. The minimum atomic E-state index is -4.72. The van der Waals surface area contributed by atoms with Gasteiger partial charge in [-0.15, -0.1) is 0 Å². The number of anilines is 1. The number of nitrogens with zero attached hydrogens (tertiary/aromatic N) is 2. The van der Waals surface area contributed by atoms with Crippen LogP contribution in [-0.2, 0) is 13.2 Å². The van der Waals surface area contributed by atoms with Gasteiger partial charge in [0.1, 0.15) is 5.69 Å². The second kappa shape index (κ2) is 7.49. The number of hydrogen-bond acceptors (Lipinski definition) is 3. The second-order valence-corrected chi connectivity index (χ2v) is 6.56. The Morgan fingerprint density at radius 2 is 1.75 bits per heavy atom. The summed E-state index contributed by atoms with van der Waals surface area (Å²) in [4.78, 5) is 38.9. The minimum absolute atomic E-state index is 0.184. The van der Waals surface area contributed by atoms with Crippen LogP contribution in [0.15, 0.2) is 41.3 Å². The number of halogens is 3. The molecule has 1 aromatic carbocycles. The van der Waals surface area contributed by atoms with Crippen molar-refractivity contribution in [3.8, 4) is 0 Å². The first-order valence-electron chi connectivity index (χ1n) is 8.66. The van der Waals surface area contributed by atoms with Gasteiger partial charge in [-0.25, -0.2) is 0 Å². The molecular formula is C19H18F3N3O3. The quantitative estimate of drug-likeness (QED) is 0.872. The lowest BCUT2D eigenvalue weighted by Crippen LogP contribution is -2.31. The molecule has 148 valence electrons. The molecule has 0 radical (unpaired) electrons. The number of hydrogen-bond donors (Lipinski definition) is 1. The average molecular weight is 393 g/mol. The smallest absolute Gasteiger partial charge is 0.339 e. The van der Waals surface area contributed by atoms with Gasteiger partial charge in [-0.05, 0) is 31.0 Å². The SMILES string of the molecule is Cn1cc(C(=O)N2CCCC2)cc(NC(=O)c2ccccc2C(F)(F)F)c1=O. The number of rotatable bonds is 3. The number of aromatic nitrogens is 1. The van der Waals surface area contributed by atoms with Crippen molar-refractivity contribution in [2.45, 2.75) is 19.0 Å². The number of nitrogens with one attached hydrogen (secondary N) is 1. The Kier molecular flexibility index (Phi) is 5.26. The molecule has 0 unspecified atom stereocenters. The Hall–Kier alpha value is -3.10. The lowest BCUT2D eigenvalue weighted by Gasteiger charge is -2.17. The van der Waals surface area contributed by atoms with Crippen LogP contribution in [0.5, 0.6) is 0 Å². The largest absolute Gasteiger partial charge is 0.417 e. The fourth-order valence-corrected chi connectivity index (χ4v) is 3.14. The van der Waals surface area contributed by atoms with E-state index in [1.165, 1.54) is 31.4 Å². The third kappa shape index (κ3) is 3.92. The first kappa shape index (κ1) is 19.7. The van der Waals surface area contributed by atoms with Gasteiger partial charge in [0.2, 0.25) is 0 Å². The number of benzene rings is 1. The van der Waals surface area contributed by atoms with Gasteiger partial charge in [-0.1, -0.05) is 12.1 Å². The van der Waals surface area contributed by atoms with Crippen LogP contribution in [0.25, 0.3) is 0 Å². The van der Waals surface area contributed by atoms with Crippen molar-refractivity contribution in [3.63, 3.8) is 0 Å². The minimum Gasteiger partial charge on any atom is -0.339 e. The Bertz CT molecular complexity index is 976. The molecule has 0 bridgehead atoms. The number of pyridine rings is 1. The molecule has 1 aromatic heterocycles. The molecular weight excluding hydrogens is 375 g/mol. The van der Waals surface area contributed by atoms with E-state index in [-0.39, 0.29) is 17.2 Å². The highest BCUT2D eigenvalue weighted by Gasteiger charge is 2.35. The number of carbonyl (C=O) groups excluding carboxylic acids is 2. The maximum absolute atomic E-state index is 13.1. The molecule has 1 N–H and O–H groups in total. The maximum Gasteiger partial charge on any atom is 0.417 e. The molecule has 0 saturated carbocycles. The molecule has 2 aromatic rings. The molecule has 2 heterocycles. The second-order valence-electron chi connectivity index (χ2n) is 6.56. The summed E-state index contributed by atoms with van der Waals surface area (Å²) in [6.45, 7) is 1.20. The van der Waals surface area contributed by atoms with Crippen LogP contribution >= 0.6 is 0 Å². The summed E-state index contributed by atoms with van der Waals surface area (Å²) in [5, 5.41) is 2.22. The van der Waals surface area contributed by atoms with E-state index in [0.29, 0.717) is 13.1 Å². The Morgan fingerprint density at radius 1 is 1.11 bits per heavy atom. The number of likely N-dealkylation sites (tertiary alicyclic amines) is 1. The molecule has 1 fully saturated rings. The summed E-state index contributed by atoms with van der Waals surface area (Å²) in [7, 11) is 1.41. The van der Waals surface area contributed by atoms with E-state index in [4.69, 9.17) is 0 Å². The summed E-state index contributed by atoms with van der Waals surface area (Å²) >= 11 is 0. The molecule has 0 aliphatic carbocycles. The van der Waals surface area contributed by atoms with Crippen LogP contribution in [-0.4, -0.2) is 34.4 Å². The van der Waals surface area contributed by atoms with Crippen molar-refractivity contribution >= 4 is 17.5 Å². The van der Waals surface area contributed by atoms with Gasteiger partial charge in [0.25, 0.3) is 17.4 Å². The van der Waals surface area contributed by atoms with Crippen LogP contribution in [0.2, 0.25) is 0 Å². The number of alkyl halides is 3. The normalized spacial score (nSPS) is 14.2. The van der Waals surface area contributed by atoms with Crippen LogP contribution in [0.3, 0.4) is 0 Å². The average Bonchev–Trinajstić information content (AvgIpc) is 3.18. The predicted octanol–water partition coefficient (Wildman–Crippen LogP) is 2.89. The van der Waals surface area contributed by atoms with Gasteiger partial charge in [-0.2, -0.15) is 13.2 Å². The summed E-state index contributed by atoms with van der Waals surface area (Å²) in [6.07, 6.45) is -1.60. The molecule has 1 aliphatic rings. The Labute approximate surface area is 158 Å². The standard InChI is InChI=1S/C19H18F3N3O3/c1-24-11-12(17(27)25-8-4-5-9-25)10-15(18(24)28)23-16(26)13-6-2-3-7-14(13)19(20,21)22/h2-3,6-7,10-11H,4-5,8-9H2,1H3,(H,23,26). The molecule has 6 nitrogen and oxygen atoms in total. The van der Waals surface area contributed by atoms with Crippen molar-refractivity contribution in [2.24, 2.45) is 7.05 Å². The molecule has 9 heteroatoms. The van der Waals surface area contributed by atoms with Crippen molar-refractivity contribution in [3.05, 3.63) is 63.6 Å². The van der Waals surface area contributed by atoms with Crippen molar-refractivity contribution < 1.29 is 22.8 Å². The first-order chi connectivity index (χ1) is 13.2. The number of aryl methyl sites for hydroxylation is 1. The molecule has 2 amide bonds. The van der Waals surface area contributed by atoms with Gasteiger partial charge >= 0.3 is 6.18 Å². The van der Waals surface area contributed by atoms with Crippen LogP contribution in [0.1, 0.15) is 39.1 Å². The lowest BCUT2D eigenvalue weighted by atomic mass is 10.1. The Morgan fingerprint density at radius 3 is 2.39 bits per heavy atom. The zero-order valence-corrected chi connectivity index (χ0v) is 15.0. The summed E-state index contributed by atoms with van der Waals surface area (Å²) in [5.41, 5.74) is -2.41. The zero-order chi connectivity index (χ0) is 20.5. The third-order valence-electron chi connectivity index (χ3n) is 4.55. The van der Waals surface area contributed by atoms with Gasteiger partial charge in [0, 0.05) is 26.3 Å². The van der Waals surface area contributed by atoms with E-state index in [1.54, 1.807) is 4.90 Å². The lowest BCUT2D eigenvalue weighted by molar-refractivity contribution is -0.137. The molecule has 3 rings (SSSR count). The highest BCUT2D eigenvalue weighted by atomic mass is 19.4. The van der Waals surface area contributed by atoms with Crippen molar-refractivity contribution in [1.82, 2.24) is 9.47 Å². The molecule has 0 atom stereocenters. The third-order valence-corrected chi connectivity index (χ3v) is 4.55. The molecule has 1 saturated heterocycles. The van der Waals surface area contributed by atoms with Crippen LogP contribution in [0, 0.1) is 0 Å². The summed E-state index contributed by atoms with van der Waals surface area (Å²) < 4.78 is 40.5. The van der Waals surface area contributed by atoms with E-state index in [1.807, 2.05) is 0 Å². The predicted molar refractivity (Wildman–Crippen MR) is 96.2 cm³/mol. The first-order valence-corrected chi connectivity index (χ1v) is 8.66. The zero-order valence-electron chi connectivity index (χ0n) is 15.0. The maximum atomic E-state index is 13.1. The Balaban J connectivity index is 1.93. The van der Waals surface area contributed by atoms with Gasteiger partial charge in [-0.3, -0.25) is 14.4 Å². The number of amides is 2. The fraction of sp³-hybridized carbons (Fsp3) is 0.316.